The van der Waals surface area contributed by atoms with Crippen molar-refractivity contribution < 1.29 is 18.7 Å². The van der Waals surface area contributed by atoms with Gasteiger partial charge in [-0.2, -0.15) is 0 Å². The summed E-state index contributed by atoms with van der Waals surface area (Å²) in [5, 5.41) is 9.08. The fourth-order valence-corrected chi connectivity index (χ4v) is 4.86. The SMILES string of the molecule is Cn1nncc1-c1cc(CO[C@H]2CCCN(C(=O)OC(C)(C)C)[C@H]2c2ccccc2)c2occc2c1. The third kappa shape index (κ3) is 4.99. The normalized spacial score (nSPS) is 18.5. The number of carbonyl (C=O) groups is 1. The summed E-state index contributed by atoms with van der Waals surface area (Å²) in [5.74, 6) is 0. The Morgan fingerprint density at radius 1 is 1.17 bits per heavy atom. The molecular formula is C28H32N4O4. The Morgan fingerprint density at radius 3 is 2.69 bits per heavy atom. The summed E-state index contributed by atoms with van der Waals surface area (Å²) < 4.78 is 19.9. The zero-order chi connectivity index (χ0) is 25.3. The number of hydrogen-bond acceptors (Lipinski definition) is 6. The van der Waals surface area contributed by atoms with Crippen molar-refractivity contribution in [1.82, 2.24) is 19.9 Å². The van der Waals surface area contributed by atoms with E-state index in [9.17, 15) is 4.79 Å². The van der Waals surface area contributed by atoms with Gasteiger partial charge in [-0.25, -0.2) is 9.48 Å². The van der Waals surface area contributed by atoms with Crippen molar-refractivity contribution >= 4 is 17.1 Å². The smallest absolute Gasteiger partial charge is 0.410 e. The molecule has 1 fully saturated rings. The first kappa shape index (κ1) is 24.1. The van der Waals surface area contributed by atoms with Gasteiger partial charge in [-0.1, -0.05) is 35.5 Å². The van der Waals surface area contributed by atoms with E-state index in [1.54, 1.807) is 17.1 Å². The molecule has 188 valence electrons. The maximum atomic E-state index is 13.2. The molecule has 0 unspecified atom stereocenters. The predicted molar refractivity (Wildman–Crippen MR) is 136 cm³/mol. The van der Waals surface area contributed by atoms with Crippen LogP contribution in [0.1, 0.15) is 50.8 Å². The molecule has 1 saturated heterocycles. The molecule has 0 radical (unpaired) electrons. The molecule has 5 rings (SSSR count). The Bertz CT molecular complexity index is 1340. The molecule has 8 heteroatoms. The van der Waals surface area contributed by atoms with Gasteiger partial charge >= 0.3 is 6.09 Å². The van der Waals surface area contributed by atoms with Crippen LogP contribution < -0.4 is 0 Å². The number of hydrogen-bond donors (Lipinski definition) is 0. The molecular weight excluding hydrogens is 456 g/mol. The predicted octanol–water partition coefficient (Wildman–Crippen LogP) is 5.89. The average molecular weight is 489 g/mol. The first-order valence-electron chi connectivity index (χ1n) is 12.3. The molecule has 0 aliphatic carbocycles. The van der Waals surface area contributed by atoms with E-state index in [1.165, 1.54) is 0 Å². The van der Waals surface area contributed by atoms with Gasteiger partial charge in [0.2, 0.25) is 0 Å². The highest BCUT2D eigenvalue weighted by atomic mass is 16.6. The molecule has 1 amide bonds. The zero-order valence-electron chi connectivity index (χ0n) is 21.2. The van der Waals surface area contributed by atoms with Gasteiger partial charge in [-0.15, -0.1) is 5.10 Å². The van der Waals surface area contributed by atoms with E-state index in [-0.39, 0.29) is 18.2 Å². The lowest BCUT2D eigenvalue weighted by molar-refractivity contribution is -0.0599. The summed E-state index contributed by atoms with van der Waals surface area (Å²) in [6.07, 6.45) is 4.61. The van der Waals surface area contributed by atoms with Gasteiger partial charge in [-0.05, 0) is 57.4 Å². The molecule has 1 aliphatic heterocycles. The van der Waals surface area contributed by atoms with Gasteiger partial charge in [0.05, 0.1) is 36.9 Å². The van der Waals surface area contributed by atoms with Crippen LogP contribution in [0.2, 0.25) is 0 Å². The van der Waals surface area contributed by atoms with Gasteiger partial charge < -0.3 is 13.9 Å². The lowest BCUT2D eigenvalue weighted by Crippen LogP contribution is -2.47. The Labute approximate surface area is 210 Å². The van der Waals surface area contributed by atoms with Crippen molar-refractivity contribution in [3.05, 3.63) is 72.1 Å². The topological polar surface area (TPSA) is 82.6 Å². The number of aryl methyl sites for hydroxylation is 1. The number of amides is 1. The van der Waals surface area contributed by atoms with Crippen LogP contribution in [-0.4, -0.2) is 44.2 Å². The van der Waals surface area contributed by atoms with Crippen molar-refractivity contribution in [2.45, 2.75) is 58.0 Å². The Kier molecular flexibility index (Phi) is 6.53. The minimum atomic E-state index is -0.571. The Balaban J connectivity index is 1.44. The molecule has 1 aliphatic rings. The van der Waals surface area contributed by atoms with Crippen LogP contribution in [0.3, 0.4) is 0 Å². The minimum absolute atomic E-state index is 0.194. The van der Waals surface area contributed by atoms with Gasteiger partial charge in [0.25, 0.3) is 0 Å². The molecule has 36 heavy (non-hydrogen) atoms. The van der Waals surface area contributed by atoms with Crippen LogP contribution in [0.15, 0.2) is 65.4 Å². The van der Waals surface area contributed by atoms with Gasteiger partial charge in [-0.3, -0.25) is 4.90 Å². The molecule has 4 aromatic rings. The first-order chi connectivity index (χ1) is 17.3. The third-order valence-electron chi connectivity index (χ3n) is 6.44. The minimum Gasteiger partial charge on any atom is -0.464 e. The highest BCUT2D eigenvalue weighted by Crippen LogP contribution is 2.36. The second-order valence-corrected chi connectivity index (χ2v) is 10.2. The number of furan rings is 1. The van der Waals surface area contributed by atoms with E-state index in [2.05, 4.69) is 22.4 Å². The molecule has 2 aromatic heterocycles. The van der Waals surface area contributed by atoms with E-state index in [4.69, 9.17) is 13.9 Å². The number of piperidine rings is 1. The van der Waals surface area contributed by atoms with Crippen LogP contribution in [-0.2, 0) is 23.1 Å². The summed E-state index contributed by atoms with van der Waals surface area (Å²) >= 11 is 0. The number of aromatic nitrogens is 3. The van der Waals surface area contributed by atoms with Gasteiger partial charge in [0, 0.05) is 30.1 Å². The van der Waals surface area contributed by atoms with E-state index in [0.717, 1.165) is 46.2 Å². The number of carbonyl (C=O) groups excluding carboxylic acids is 1. The number of likely N-dealkylation sites (tertiary alicyclic amines) is 1. The summed E-state index contributed by atoms with van der Waals surface area (Å²) in [5.41, 5.74) is 4.10. The average Bonchev–Trinajstić information content (AvgIpc) is 3.50. The maximum Gasteiger partial charge on any atom is 0.410 e. The van der Waals surface area contributed by atoms with Gasteiger partial charge in [0.15, 0.2) is 0 Å². The van der Waals surface area contributed by atoms with Crippen molar-refractivity contribution in [2.24, 2.45) is 7.05 Å². The van der Waals surface area contributed by atoms with Crippen LogP contribution >= 0.6 is 0 Å². The molecule has 0 saturated carbocycles. The van der Waals surface area contributed by atoms with Crippen LogP contribution in [0.5, 0.6) is 0 Å². The van der Waals surface area contributed by atoms with Crippen LogP contribution in [0, 0.1) is 0 Å². The molecule has 3 heterocycles. The number of ether oxygens (including phenoxy) is 2. The molecule has 0 bridgehead atoms. The second-order valence-electron chi connectivity index (χ2n) is 10.2. The van der Waals surface area contributed by atoms with Crippen molar-refractivity contribution in [1.29, 1.82) is 0 Å². The lowest BCUT2D eigenvalue weighted by Gasteiger charge is -2.41. The van der Waals surface area contributed by atoms with Crippen molar-refractivity contribution in [3.63, 3.8) is 0 Å². The summed E-state index contributed by atoms with van der Waals surface area (Å²) in [6, 6.07) is 15.9. The highest BCUT2D eigenvalue weighted by molar-refractivity contribution is 5.85. The Morgan fingerprint density at radius 2 is 1.97 bits per heavy atom. The van der Waals surface area contributed by atoms with Gasteiger partial charge in [0.1, 0.15) is 11.2 Å². The monoisotopic (exact) mass is 488 g/mol. The zero-order valence-corrected chi connectivity index (χ0v) is 21.2. The second kappa shape index (κ2) is 9.78. The van der Waals surface area contributed by atoms with Crippen molar-refractivity contribution in [2.75, 3.05) is 6.54 Å². The number of fused-ring (bicyclic) bond motifs is 1. The largest absolute Gasteiger partial charge is 0.464 e. The first-order valence-corrected chi connectivity index (χ1v) is 12.3. The number of benzene rings is 2. The summed E-state index contributed by atoms with van der Waals surface area (Å²) in [7, 11) is 1.87. The molecule has 8 nitrogen and oxygen atoms in total. The molecule has 0 spiro atoms. The lowest BCUT2D eigenvalue weighted by atomic mass is 9.92. The fraction of sp³-hybridized carbons (Fsp3) is 0.393. The maximum absolute atomic E-state index is 13.2. The number of rotatable bonds is 5. The summed E-state index contributed by atoms with van der Waals surface area (Å²) in [4.78, 5) is 15.0. The highest BCUT2D eigenvalue weighted by Gasteiger charge is 2.38. The molecule has 2 aromatic carbocycles. The van der Waals surface area contributed by atoms with E-state index < -0.39 is 5.60 Å². The standard InChI is InChI=1S/C28H32N4O4/c1-28(2,3)36-27(33)32-13-8-11-24(25(32)19-9-6-5-7-10-19)35-18-22-16-21(23-17-29-30-31(23)4)15-20-12-14-34-26(20)22/h5-7,9-10,12,14-17,24-25H,8,11,13,18H2,1-4H3/t24-,25-/m0/s1. The quantitative estimate of drug-likeness (QED) is 0.349. The molecule has 0 N–H and O–H groups in total. The van der Waals surface area contributed by atoms with Crippen molar-refractivity contribution in [3.8, 4) is 11.3 Å². The fourth-order valence-electron chi connectivity index (χ4n) is 4.86. The number of nitrogens with zero attached hydrogens (tertiary/aromatic N) is 4. The Hall–Kier alpha value is -3.65. The third-order valence-corrected chi connectivity index (χ3v) is 6.44. The van der Waals surface area contributed by atoms with E-state index >= 15 is 0 Å². The summed E-state index contributed by atoms with van der Waals surface area (Å²) in [6.45, 7) is 6.64. The van der Waals surface area contributed by atoms with E-state index in [1.807, 2.05) is 69.1 Å². The molecule has 2 atom stereocenters. The van der Waals surface area contributed by atoms with Crippen LogP contribution in [0.25, 0.3) is 22.2 Å². The van der Waals surface area contributed by atoms with Crippen LogP contribution in [0.4, 0.5) is 4.79 Å². The van der Waals surface area contributed by atoms with E-state index in [0.29, 0.717) is 13.2 Å².